The van der Waals surface area contributed by atoms with E-state index in [-0.39, 0.29) is 5.70 Å². The Kier molecular flexibility index (Phi) is 7.20. The van der Waals surface area contributed by atoms with Crippen LogP contribution in [0, 0.1) is 12.7 Å². The third-order valence-corrected chi connectivity index (χ3v) is 5.05. The highest BCUT2D eigenvalue weighted by molar-refractivity contribution is 9.10. The summed E-state index contributed by atoms with van der Waals surface area (Å²) in [5.74, 6) is -0.764. The number of aryl methyl sites for hydroxylation is 1. The van der Waals surface area contributed by atoms with E-state index >= 15 is 0 Å². The number of carbonyl (C=O) groups is 2. The molecule has 0 saturated heterocycles. The first-order chi connectivity index (χ1) is 14.9. The second kappa shape index (κ2) is 10.0. The lowest BCUT2D eigenvalue weighted by atomic mass is 10.1. The molecule has 0 aliphatic heterocycles. The summed E-state index contributed by atoms with van der Waals surface area (Å²) in [6.07, 6.45) is 1.48. The number of ether oxygens (including phenoxy) is 1. The van der Waals surface area contributed by atoms with Crippen molar-refractivity contribution in [2.24, 2.45) is 0 Å². The van der Waals surface area contributed by atoms with Gasteiger partial charge in [-0.1, -0.05) is 18.2 Å². The van der Waals surface area contributed by atoms with Crippen LogP contribution in [0.2, 0.25) is 0 Å². The van der Waals surface area contributed by atoms with Crippen LogP contribution in [0.15, 0.2) is 76.9 Å². The fourth-order valence-electron chi connectivity index (χ4n) is 2.73. The molecule has 5 nitrogen and oxygen atoms in total. The van der Waals surface area contributed by atoms with E-state index in [9.17, 15) is 14.0 Å². The zero-order chi connectivity index (χ0) is 22.4. The van der Waals surface area contributed by atoms with Gasteiger partial charge in [0.25, 0.3) is 11.8 Å². The number of amides is 2. The Balaban J connectivity index is 1.88. The Morgan fingerprint density at radius 3 is 2.29 bits per heavy atom. The summed E-state index contributed by atoms with van der Waals surface area (Å²) in [5, 5.41) is 5.43. The molecule has 0 saturated carbocycles. The van der Waals surface area contributed by atoms with E-state index in [1.165, 1.54) is 37.5 Å². The van der Waals surface area contributed by atoms with Gasteiger partial charge in [0.05, 0.1) is 12.8 Å². The van der Waals surface area contributed by atoms with Crippen molar-refractivity contribution in [3.8, 4) is 5.75 Å². The van der Waals surface area contributed by atoms with Gasteiger partial charge in [-0.2, -0.15) is 0 Å². The maximum absolute atomic E-state index is 13.3. The second-order valence-electron chi connectivity index (χ2n) is 6.73. The van der Waals surface area contributed by atoms with Crippen LogP contribution in [0.3, 0.4) is 0 Å². The highest BCUT2D eigenvalue weighted by Crippen LogP contribution is 2.24. The maximum Gasteiger partial charge on any atom is 0.272 e. The SMILES string of the molecule is COc1ccc(C(=O)N/C(=C\c2ccc(F)cc2)C(=O)Nc2ccc(C)cc2Br)cc1. The van der Waals surface area contributed by atoms with Crippen LogP contribution in [0.25, 0.3) is 6.08 Å². The number of nitrogens with one attached hydrogen (secondary N) is 2. The van der Waals surface area contributed by atoms with Gasteiger partial charge in [0.15, 0.2) is 0 Å². The fourth-order valence-corrected chi connectivity index (χ4v) is 3.32. The number of rotatable bonds is 6. The van der Waals surface area contributed by atoms with Gasteiger partial charge in [0.1, 0.15) is 17.3 Å². The van der Waals surface area contributed by atoms with Crippen LogP contribution in [-0.2, 0) is 4.79 Å². The van der Waals surface area contributed by atoms with E-state index in [4.69, 9.17) is 4.74 Å². The predicted molar refractivity (Wildman–Crippen MR) is 122 cm³/mol. The normalized spacial score (nSPS) is 11.0. The fraction of sp³-hybridized carbons (Fsp3) is 0.0833. The smallest absolute Gasteiger partial charge is 0.272 e. The van der Waals surface area contributed by atoms with Crippen LogP contribution in [0.5, 0.6) is 5.75 Å². The van der Waals surface area contributed by atoms with Gasteiger partial charge in [-0.3, -0.25) is 9.59 Å². The molecule has 31 heavy (non-hydrogen) atoms. The highest BCUT2D eigenvalue weighted by Gasteiger charge is 2.16. The molecule has 0 radical (unpaired) electrons. The Hall–Kier alpha value is -3.45. The minimum absolute atomic E-state index is 0.0138. The molecule has 158 valence electrons. The van der Waals surface area contributed by atoms with E-state index in [1.54, 1.807) is 30.3 Å². The molecule has 3 aromatic carbocycles. The second-order valence-corrected chi connectivity index (χ2v) is 7.58. The number of hydrogen-bond acceptors (Lipinski definition) is 3. The number of carbonyl (C=O) groups excluding carboxylic acids is 2. The van der Waals surface area contributed by atoms with E-state index in [0.29, 0.717) is 27.0 Å². The quantitative estimate of drug-likeness (QED) is 0.467. The van der Waals surface area contributed by atoms with Gasteiger partial charge < -0.3 is 15.4 Å². The van der Waals surface area contributed by atoms with Crippen molar-refractivity contribution in [3.63, 3.8) is 0 Å². The Bertz CT molecular complexity index is 1130. The molecule has 7 heteroatoms. The lowest BCUT2D eigenvalue weighted by Gasteiger charge is -2.13. The maximum atomic E-state index is 13.3. The molecule has 0 aliphatic rings. The Labute approximate surface area is 188 Å². The van der Waals surface area contributed by atoms with Crippen molar-refractivity contribution in [3.05, 3.63) is 99.4 Å². The van der Waals surface area contributed by atoms with Gasteiger partial charge in [0.2, 0.25) is 0 Å². The van der Waals surface area contributed by atoms with E-state index < -0.39 is 17.6 Å². The number of anilines is 1. The molecular formula is C24H20BrFN2O3. The van der Waals surface area contributed by atoms with Gasteiger partial charge >= 0.3 is 0 Å². The largest absolute Gasteiger partial charge is 0.497 e. The molecule has 0 heterocycles. The molecule has 3 aromatic rings. The lowest BCUT2D eigenvalue weighted by molar-refractivity contribution is -0.113. The van der Waals surface area contributed by atoms with E-state index in [0.717, 1.165) is 5.56 Å². The zero-order valence-corrected chi connectivity index (χ0v) is 18.5. The molecule has 0 fully saturated rings. The molecule has 0 aliphatic carbocycles. The average molecular weight is 483 g/mol. The molecule has 0 unspecified atom stereocenters. The molecule has 0 atom stereocenters. The Morgan fingerprint density at radius 1 is 1.00 bits per heavy atom. The predicted octanol–water partition coefficient (Wildman–Crippen LogP) is 5.31. The van der Waals surface area contributed by atoms with E-state index in [1.807, 2.05) is 19.1 Å². The van der Waals surface area contributed by atoms with Crippen LogP contribution in [-0.4, -0.2) is 18.9 Å². The molecule has 0 bridgehead atoms. The Morgan fingerprint density at radius 2 is 1.68 bits per heavy atom. The summed E-state index contributed by atoms with van der Waals surface area (Å²) in [6.45, 7) is 1.94. The standard InChI is InChI=1S/C24H20BrFN2O3/c1-15-3-12-21(20(25)13-15)27-24(30)22(14-16-4-8-18(26)9-5-16)28-23(29)17-6-10-19(31-2)11-7-17/h3-14H,1-2H3,(H,27,30)(H,28,29)/b22-14-. The van der Waals surface area contributed by atoms with E-state index in [2.05, 4.69) is 26.6 Å². The van der Waals surface area contributed by atoms with Crippen molar-refractivity contribution in [2.75, 3.05) is 12.4 Å². The van der Waals surface area contributed by atoms with Crippen LogP contribution in [0.4, 0.5) is 10.1 Å². The van der Waals surface area contributed by atoms with Crippen LogP contribution >= 0.6 is 15.9 Å². The first-order valence-corrected chi connectivity index (χ1v) is 10.1. The third kappa shape index (κ3) is 6.02. The van der Waals surface area contributed by atoms with Crippen LogP contribution < -0.4 is 15.4 Å². The first-order valence-electron chi connectivity index (χ1n) is 9.36. The summed E-state index contributed by atoms with van der Waals surface area (Å²) in [7, 11) is 1.53. The summed E-state index contributed by atoms with van der Waals surface area (Å²) < 4.78 is 19.1. The van der Waals surface area contributed by atoms with Crippen LogP contribution in [0.1, 0.15) is 21.5 Å². The van der Waals surface area contributed by atoms with Crippen molar-refractivity contribution in [1.82, 2.24) is 5.32 Å². The topological polar surface area (TPSA) is 67.4 Å². The number of benzene rings is 3. The monoisotopic (exact) mass is 482 g/mol. The average Bonchev–Trinajstić information content (AvgIpc) is 2.76. The molecule has 2 N–H and O–H groups in total. The van der Waals surface area contributed by atoms with Crippen molar-refractivity contribution < 1.29 is 18.7 Å². The summed E-state index contributed by atoms with van der Waals surface area (Å²) >= 11 is 3.43. The minimum Gasteiger partial charge on any atom is -0.497 e. The minimum atomic E-state index is -0.518. The number of methoxy groups -OCH3 is 1. The number of halogens is 2. The first kappa shape index (κ1) is 22.2. The molecule has 0 spiro atoms. The van der Waals surface area contributed by atoms with Gasteiger partial charge in [-0.25, -0.2) is 4.39 Å². The summed E-state index contributed by atoms with van der Waals surface area (Å²) in [4.78, 5) is 25.7. The van der Waals surface area contributed by atoms with Crippen molar-refractivity contribution in [2.45, 2.75) is 6.92 Å². The molecule has 2 amide bonds. The van der Waals surface area contributed by atoms with Crippen molar-refractivity contribution >= 4 is 39.5 Å². The number of hydrogen-bond donors (Lipinski definition) is 2. The summed E-state index contributed by atoms with van der Waals surface area (Å²) in [5.41, 5.74) is 2.51. The van der Waals surface area contributed by atoms with Gasteiger partial charge in [-0.05, 0) is 88.6 Å². The van der Waals surface area contributed by atoms with Crippen molar-refractivity contribution in [1.29, 1.82) is 0 Å². The summed E-state index contributed by atoms with van der Waals surface area (Å²) in [6, 6.07) is 17.6. The van der Waals surface area contributed by atoms with Gasteiger partial charge in [-0.15, -0.1) is 0 Å². The highest BCUT2D eigenvalue weighted by atomic mass is 79.9. The molecule has 0 aromatic heterocycles. The van der Waals surface area contributed by atoms with Gasteiger partial charge in [0, 0.05) is 10.0 Å². The molecular weight excluding hydrogens is 463 g/mol. The third-order valence-electron chi connectivity index (χ3n) is 4.40. The lowest BCUT2D eigenvalue weighted by Crippen LogP contribution is -2.30. The molecule has 3 rings (SSSR count). The zero-order valence-electron chi connectivity index (χ0n) is 16.9.